The van der Waals surface area contributed by atoms with Gasteiger partial charge in [0, 0.05) is 31.8 Å². The first kappa shape index (κ1) is 17.6. The molecule has 1 amide bonds. The minimum absolute atomic E-state index is 0.0586. The SMILES string of the molecule is CCn1nccc1[C@@H]1OCC[C@H]1CN[C@H](C(N)=O)c1ccc(F)cc1. The number of rotatable bonds is 7. The largest absolute Gasteiger partial charge is 0.372 e. The van der Waals surface area contributed by atoms with Gasteiger partial charge in [-0.05, 0) is 37.1 Å². The molecule has 7 heteroatoms. The van der Waals surface area contributed by atoms with E-state index in [-0.39, 0.29) is 17.8 Å². The van der Waals surface area contributed by atoms with Crippen LogP contribution in [-0.2, 0) is 16.1 Å². The highest BCUT2D eigenvalue weighted by atomic mass is 19.1. The Kier molecular flexibility index (Phi) is 5.45. The number of amides is 1. The molecule has 6 nitrogen and oxygen atoms in total. The highest BCUT2D eigenvalue weighted by Gasteiger charge is 2.32. The van der Waals surface area contributed by atoms with E-state index in [1.54, 1.807) is 18.3 Å². The number of nitrogens with one attached hydrogen (secondary N) is 1. The molecule has 0 spiro atoms. The summed E-state index contributed by atoms with van der Waals surface area (Å²) in [5, 5.41) is 7.52. The summed E-state index contributed by atoms with van der Waals surface area (Å²) in [6.07, 6.45) is 2.61. The highest BCUT2D eigenvalue weighted by Crippen LogP contribution is 2.34. The van der Waals surface area contributed by atoms with E-state index in [0.717, 1.165) is 18.7 Å². The van der Waals surface area contributed by atoms with Crippen LogP contribution in [0.1, 0.15) is 36.7 Å². The zero-order valence-corrected chi connectivity index (χ0v) is 14.2. The van der Waals surface area contributed by atoms with Gasteiger partial charge in [0.25, 0.3) is 0 Å². The molecule has 134 valence electrons. The molecule has 1 aromatic heterocycles. The normalized spacial score (nSPS) is 21.4. The number of nitrogens with zero attached hydrogens (tertiary/aromatic N) is 2. The lowest BCUT2D eigenvalue weighted by Crippen LogP contribution is -2.37. The van der Waals surface area contributed by atoms with Crippen molar-refractivity contribution in [3.8, 4) is 0 Å². The molecule has 2 heterocycles. The molecule has 25 heavy (non-hydrogen) atoms. The van der Waals surface area contributed by atoms with Gasteiger partial charge in [0.05, 0.1) is 5.69 Å². The average molecular weight is 346 g/mol. The van der Waals surface area contributed by atoms with Crippen molar-refractivity contribution in [3.05, 3.63) is 53.6 Å². The van der Waals surface area contributed by atoms with Gasteiger partial charge < -0.3 is 15.8 Å². The van der Waals surface area contributed by atoms with Crippen molar-refractivity contribution in [2.45, 2.75) is 32.0 Å². The molecule has 1 fully saturated rings. The third-order valence-corrected chi connectivity index (χ3v) is 4.63. The van der Waals surface area contributed by atoms with Gasteiger partial charge in [-0.3, -0.25) is 9.48 Å². The molecule has 3 rings (SSSR count). The lowest BCUT2D eigenvalue weighted by molar-refractivity contribution is -0.120. The second-order valence-corrected chi connectivity index (χ2v) is 6.21. The number of halogens is 1. The number of primary amides is 1. The van der Waals surface area contributed by atoms with Crippen LogP contribution in [0.4, 0.5) is 4.39 Å². The van der Waals surface area contributed by atoms with Gasteiger partial charge in [0.15, 0.2) is 0 Å². The third-order valence-electron chi connectivity index (χ3n) is 4.63. The van der Waals surface area contributed by atoms with E-state index in [4.69, 9.17) is 10.5 Å². The number of carbonyl (C=O) groups excluding carboxylic acids is 1. The molecule has 0 unspecified atom stereocenters. The standard InChI is InChI=1S/C18H23FN4O2/c1-2-23-15(7-9-22-23)17-13(8-10-25-17)11-21-16(18(20)24)12-3-5-14(19)6-4-12/h3-7,9,13,16-17,21H,2,8,10-11H2,1H3,(H2,20,24)/t13-,16-,17+/m0/s1. The summed E-state index contributed by atoms with van der Waals surface area (Å²) in [5.41, 5.74) is 7.23. The van der Waals surface area contributed by atoms with Gasteiger partial charge in [0.1, 0.15) is 18.0 Å². The molecule has 1 aliphatic rings. The Morgan fingerprint density at radius 2 is 2.20 bits per heavy atom. The molecule has 0 bridgehead atoms. The van der Waals surface area contributed by atoms with E-state index < -0.39 is 11.9 Å². The Hall–Kier alpha value is -2.25. The number of aryl methyl sites for hydroxylation is 1. The fraction of sp³-hybridized carbons (Fsp3) is 0.444. The zero-order chi connectivity index (χ0) is 17.8. The van der Waals surface area contributed by atoms with Crippen molar-refractivity contribution in [2.75, 3.05) is 13.2 Å². The monoisotopic (exact) mass is 346 g/mol. The van der Waals surface area contributed by atoms with Crippen LogP contribution in [0, 0.1) is 11.7 Å². The predicted octanol–water partition coefficient (Wildman–Crippen LogP) is 1.94. The lowest BCUT2D eigenvalue weighted by Gasteiger charge is -2.23. The van der Waals surface area contributed by atoms with Gasteiger partial charge in [-0.15, -0.1) is 0 Å². The summed E-state index contributed by atoms with van der Waals surface area (Å²) in [5.74, 6) is -0.617. The van der Waals surface area contributed by atoms with E-state index in [1.165, 1.54) is 12.1 Å². The Morgan fingerprint density at radius 3 is 2.88 bits per heavy atom. The summed E-state index contributed by atoms with van der Waals surface area (Å²) < 4.78 is 20.9. The number of ether oxygens (including phenoxy) is 1. The van der Waals surface area contributed by atoms with Crippen molar-refractivity contribution >= 4 is 5.91 Å². The van der Waals surface area contributed by atoms with Crippen molar-refractivity contribution in [1.29, 1.82) is 0 Å². The Balaban J connectivity index is 1.70. The average Bonchev–Trinajstić information content (AvgIpc) is 3.24. The van der Waals surface area contributed by atoms with Gasteiger partial charge in [0.2, 0.25) is 5.91 Å². The van der Waals surface area contributed by atoms with Gasteiger partial charge in [-0.25, -0.2) is 4.39 Å². The third kappa shape index (κ3) is 3.88. The fourth-order valence-electron chi connectivity index (χ4n) is 3.33. The number of hydrogen-bond donors (Lipinski definition) is 2. The van der Waals surface area contributed by atoms with E-state index >= 15 is 0 Å². The lowest BCUT2D eigenvalue weighted by atomic mass is 9.97. The first-order valence-corrected chi connectivity index (χ1v) is 8.51. The first-order chi connectivity index (χ1) is 12.1. The quantitative estimate of drug-likeness (QED) is 0.803. The maximum atomic E-state index is 13.1. The molecule has 2 aromatic rings. The first-order valence-electron chi connectivity index (χ1n) is 8.51. The van der Waals surface area contributed by atoms with Crippen molar-refractivity contribution < 1.29 is 13.9 Å². The van der Waals surface area contributed by atoms with E-state index in [9.17, 15) is 9.18 Å². The second-order valence-electron chi connectivity index (χ2n) is 6.21. The van der Waals surface area contributed by atoms with Crippen LogP contribution in [-0.4, -0.2) is 28.8 Å². The predicted molar refractivity (Wildman–Crippen MR) is 91.0 cm³/mol. The Bertz CT molecular complexity index is 716. The molecule has 0 aliphatic carbocycles. The van der Waals surface area contributed by atoms with Gasteiger partial charge >= 0.3 is 0 Å². The molecule has 1 aliphatic heterocycles. The molecule has 1 saturated heterocycles. The summed E-state index contributed by atoms with van der Waals surface area (Å²) in [7, 11) is 0. The summed E-state index contributed by atoms with van der Waals surface area (Å²) in [6, 6.07) is 7.12. The summed E-state index contributed by atoms with van der Waals surface area (Å²) >= 11 is 0. The van der Waals surface area contributed by atoms with E-state index in [2.05, 4.69) is 10.4 Å². The van der Waals surface area contributed by atoms with Crippen LogP contribution < -0.4 is 11.1 Å². The van der Waals surface area contributed by atoms with E-state index in [1.807, 2.05) is 17.7 Å². The maximum absolute atomic E-state index is 13.1. The number of carbonyl (C=O) groups is 1. The van der Waals surface area contributed by atoms with Crippen LogP contribution in [0.25, 0.3) is 0 Å². The summed E-state index contributed by atoms with van der Waals surface area (Å²) in [4.78, 5) is 11.8. The molecule has 1 aromatic carbocycles. The Labute approximate surface area is 146 Å². The van der Waals surface area contributed by atoms with Gasteiger partial charge in [-0.2, -0.15) is 5.10 Å². The molecular formula is C18H23FN4O2. The van der Waals surface area contributed by atoms with Crippen LogP contribution in [0.3, 0.4) is 0 Å². The van der Waals surface area contributed by atoms with Crippen LogP contribution in [0.2, 0.25) is 0 Å². The summed E-state index contributed by atoms with van der Waals surface area (Å²) in [6.45, 7) is 4.06. The molecule has 0 saturated carbocycles. The van der Waals surface area contributed by atoms with Crippen molar-refractivity contribution in [3.63, 3.8) is 0 Å². The fourth-order valence-corrected chi connectivity index (χ4v) is 3.33. The maximum Gasteiger partial charge on any atom is 0.239 e. The van der Waals surface area contributed by atoms with Crippen molar-refractivity contribution in [2.24, 2.45) is 11.7 Å². The number of nitrogens with two attached hydrogens (primary N) is 1. The highest BCUT2D eigenvalue weighted by molar-refractivity contribution is 5.81. The number of aromatic nitrogens is 2. The molecule has 3 atom stereocenters. The number of hydrogen-bond acceptors (Lipinski definition) is 4. The molecule has 3 N–H and O–H groups in total. The second kappa shape index (κ2) is 7.76. The number of benzene rings is 1. The minimum atomic E-state index is -0.655. The van der Waals surface area contributed by atoms with Gasteiger partial charge in [-0.1, -0.05) is 12.1 Å². The van der Waals surface area contributed by atoms with Crippen LogP contribution in [0.5, 0.6) is 0 Å². The Morgan fingerprint density at radius 1 is 1.44 bits per heavy atom. The minimum Gasteiger partial charge on any atom is -0.372 e. The van der Waals surface area contributed by atoms with E-state index in [0.29, 0.717) is 18.7 Å². The van der Waals surface area contributed by atoms with Crippen LogP contribution >= 0.6 is 0 Å². The topological polar surface area (TPSA) is 82.2 Å². The smallest absolute Gasteiger partial charge is 0.239 e. The zero-order valence-electron chi connectivity index (χ0n) is 14.2. The molecule has 0 radical (unpaired) electrons. The van der Waals surface area contributed by atoms with Crippen molar-refractivity contribution in [1.82, 2.24) is 15.1 Å². The molecular weight excluding hydrogens is 323 g/mol. The van der Waals surface area contributed by atoms with Crippen LogP contribution in [0.15, 0.2) is 36.5 Å².